The first-order chi connectivity index (χ1) is 14.8. The van der Waals surface area contributed by atoms with Gasteiger partial charge in [-0.05, 0) is 30.3 Å². The van der Waals surface area contributed by atoms with E-state index in [1.165, 1.54) is 25.2 Å². The number of rotatable bonds is 4. The van der Waals surface area contributed by atoms with Crippen molar-refractivity contribution < 1.29 is 18.8 Å². The summed E-state index contributed by atoms with van der Waals surface area (Å²) in [6.07, 6.45) is -0.288. The molecule has 0 N–H and O–H groups in total. The molecule has 0 aromatic heterocycles. The number of piperazine rings is 1. The molecule has 2 fully saturated rings. The average Bonchev–Trinajstić information content (AvgIpc) is 2.99. The van der Waals surface area contributed by atoms with E-state index in [4.69, 9.17) is 0 Å². The van der Waals surface area contributed by atoms with Crippen LogP contribution in [0, 0.1) is 5.82 Å². The number of nitrogens with zero attached hydrogens (tertiary/aromatic N) is 3. The molecule has 2 aromatic rings. The summed E-state index contributed by atoms with van der Waals surface area (Å²) in [5.74, 6) is -1.51. The highest BCUT2D eigenvalue weighted by Gasteiger charge is 2.53. The molecule has 2 aliphatic heterocycles. The zero-order valence-electron chi connectivity index (χ0n) is 17.8. The number of imide groups is 1. The molecular weight excluding hydrogens is 397 g/mol. The lowest BCUT2D eigenvalue weighted by Crippen LogP contribution is -2.51. The van der Waals surface area contributed by atoms with Gasteiger partial charge in [0, 0.05) is 39.5 Å². The van der Waals surface area contributed by atoms with Gasteiger partial charge in [0.05, 0.1) is 11.5 Å². The van der Waals surface area contributed by atoms with Crippen molar-refractivity contribution in [2.45, 2.75) is 24.3 Å². The van der Waals surface area contributed by atoms with Crippen molar-refractivity contribution in [3.05, 3.63) is 71.5 Å². The highest BCUT2D eigenvalue weighted by Crippen LogP contribution is 2.40. The largest absolute Gasteiger partial charge is 0.339 e. The standard InChI is InChI=1S/C24H26FN3O3/c1-26-11-12-28(16-20(26)17-7-4-3-5-8-17)22(30)15-24(14-21(29)27(2)23(24)31)18-9-6-10-19(25)13-18/h3-10,13,20H,11-12,14-16H2,1-2H3. The van der Waals surface area contributed by atoms with Crippen LogP contribution in [0.4, 0.5) is 4.39 Å². The van der Waals surface area contributed by atoms with E-state index in [9.17, 15) is 18.8 Å². The summed E-state index contributed by atoms with van der Waals surface area (Å²) in [5.41, 5.74) is 0.128. The number of benzene rings is 2. The van der Waals surface area contributed by atoms with Crippen molar-refractivity contribution in [3.8, 4) is 0 Å². The second-order valence-electron chi connectivity index (χ2n) is 8.45. The lowest BCUT2D eigenvalue weighted by Gasteiger charge is -2.41. The molecule has 2 aliphatic rings. The van der Waals surface area contributed by atoms with Crippen molar-refractivity contribution >= 4 is 17.7 Å². The number of amides is 3. The monoisotopic (exact) mass is 423 g/mol. The third kappa shape index (κ3) is 3.85. The van der Waals surface area contributed by atoms with E-state index in [0.29, 0.717) is 25.2 Å². The fourth-order valence-electron chi connectivity index (χ4n) is 4.64. The first kappa shape index (κ1) is 21.2. The van der Waals surface area contributed by atoms with Crippen LogP contribution in [-0.4, -0.2) is 66.2 Å². The summed E-state index contributed by atoms with van der Waals surface area (Å²) in [5, 5.41) is 0. The van der Waals surface area contributed by atoms with Crippen LogP contribution in [-0.2, 0) is 19.8 Å². The van der Waals surface area contributed by atoms with Crippen LogP contribution in [0.15, 0.2) is 54.6 Å². The van der Waals surface area contributed by atoms with Gasteiger partial charge in [0.2, 0.25) is 17.7 Å². The molecule has 0 aliphatic carbocycles. The van der Waals surface area contributed by atoms with Crippen molar-refractivity contribution in [1.29, 1.82) is 0 Å². The van der Waals surface area contributed by atoms with Gasteiger partial charge in [-0.25, -0.2) is 4.39 Å². The number of hydrogen-bond donors (Lipinski definition) is 0. The maximum absolute atomic E-state index is 14.0. The lowest BCUT2D eigenvalue weighted by molar-refractivity contribution is -0.142. The molecule has 2 saturated heterocycles. The van der Waals surface area contributed by atoms with Gasteiger partial charge in [0.1, 0.15) is 5.82 Å². The van der Waals surface area contributed by atoms with Gasteiger partial charge >= 0.3 is 0 Å². The Hall–Kier alpha value is -3.06. The minimum absolute atomic E-state index is 0.0487. The highest BCUT2D eigenvalue weighted by molar-refractivity contribution is 6.10. The van der Waals surface area contributed by atoms with Crippen LogP contribution >= 0.6 is 0 Å². The van der Waals surface area contributed by atoms with Gasteiger partial charge in [-0.2, -0.15) is 0 Å². The van der Waals surface area contributed by atoms with Crippen LogP contribution < -0.4 is 0 Å². The molecule has 2 atom stereocenters. The molecule has 6 nitrogen and oxygen atoms in total. The predicted molar refractivity (Wildman–Crippen MR) is 113 cm³/mol. The van der Waals surface area contributed by atoms with E-state index < -0.39 is 17.1 Å². The third-order valence-electron chi connectivity index (χ3n) is 6.56. The Balaban J connectivity index is 1.61. The number of halogens is 1. The Morgan fingerprint density at radius 1 is 1.06 bits per heavy atom. The zero-order chi connectivity index (χ0) is 22.2. The number of carbonyl (C=O) groups excluding carboxylic acids is 3. The van der Waals surface area contributed by atoms with E-state index in [1.807, 2.05) is 37.4 Å². The molecule has 0 radical (unpaired) electrons. The molecule has 31 heavy (non-hydrogen) atoms. The second kappa shape index (κ2) is 8.23. The normalized spacial score (nSPS) is 24.7. The molecule has 4 rings (SSSR count). The quantitative estimate of drug-likeness (QED) is 0.709. The number of likely N-dealkylation sites (N-methyl/N-ethyl adjacent to an activating group) is 2. The highest BCUT2D eigenvalue weighted by atomic mass is 19.1. The van der Waals surface area contributed by atoms with Gasteiger partial charge in [-0.3, -0.25) is 24.2 Å². The molecule has 7 heteroatoms. The molecule has 2 aromatic carbocycles. The van der Waals surface area contributed by atoms with Crippen LogP contribution in [0.2, 0.25) is 0 Å². The molecule has 0 saturated carbocycles. The van der Waals surface area contributed by atoms with Gasteiger partial charge < -0.3 is 4.90 Å². The van der Waals surface area contributed by atoms with E-state index in [2.05, 4.69) is 4.90 Å². The van der Waals surface area contributed by atoms with Crippen LogP contribution in [0.5, 0.6) is 0 Å². The molecule has 0 spiro atoms. The number of likely N-dealkylation sites (tertiary alicyclic amines) is 1. The summed E-state index contributed by atoms with van der Waals surface area (Å²) in [4.78, 5) is 43.9. The summed E-state index contributed by atoms with van der Waals surface area (Å²) < 4.78 is 14.0. The van der Waals surface area contributed by atoms with Crippen LogP contribution in [0.1, 0.15) is 30.0 Å². The fraction of sp³-hybridized carbons (Fsp3) is 0.375. The second-order valence-corrected chi connectivity index (χ2v) is 8.45. The third-order valence-corrected chi connectivity index (χ3v) is 6.56. The molecule has 162 valence electrons. The maximum Gasteiger partial charge on any atom is 0.240 e. The molecule has 0 bridgehead atoms. The van der Waals surface area contributed by atoms with E-state index >= 15 is 0 Å². The summed E-state index contributed by atoms with van der Waals surface area (Å²) in [6.45, 7) is 1.73. The molecule has 3 amide bonds. The Morgan fingerprint density at radius 3 is 2.45 bits per heavy atom. The summed E-state index contributed by atoms with van der Waals surface area (Å²) in [6, 6.07) is 15.7. The summed E-state index contributed by atoms with van der Waals surface area (Å²) in [7, 11) is 3.44. The van der Waals surface area contributed by atoms with Crippen molar-refractivity contribution in [3.63, 3.8) is 0 Å². The SMILES string of the molecule is CN1C(=O)CC(CC(=O)N2CCN(C)C(c3ccccc3)C2)(c2cccc(F)c2)C1=O. The fourth-order valence-corrected chi connectivity index (χ4v) is 4.64. The average molecular weight is 423 g/mol. The van der Waals surface area contributed by atoms with Crippen molar-refractivity contribution in [2.24, 2.45) is 0 Å². The van der Waals surface area contributed by atoms with Gasteiger partial charge in [0.25, 0.3) is 0 Å². The molecule has 2 heterocycles. The topological polar surface area (TPSA) is 60.9 Å². The Bertz CT molecular complexity index is 1010. The van der Waals surface area contributed by atoms with Crippen molar-refractivity contribution in [2.75, 3.05) is 33.7 Å². The predicted octanol–water partition coefficient (Wildman–Crippen LogP) is 2.36. The van der Waals surface area contributed by atoms with Gasteiger partial charge in [-0.15, -0.1) is 0 Å². The zero-order valence-corrected chi connectivity index (χ0v) is 17.8. The van der Waals surface area contributed by atoms with Crippen LogP contribution in [0.25, 0.3) is 0 Å². The minimum Gasteiger partial charge on any atom is -0.339 e. The van der Waals surface area contributed by atoms with Crippen LogP contribution in [0.3, 0.4) is 0 Å². The molecule has 2 unspecified atom stereocenters. The summed E-state index contributed by atoms with van der Waals surface area (Å²) >= 11 is 0. The van der Waals surface area contributed by atoms with E-state index in [0.717, 1.165) is 10.5 Å². The maximum atomic E-state index is 14.0. The first-order valence-corrected chi connectivity index (χ1v) is 10.4. The first-order valence-electron chi connectivity index (χ1n) is 10.4. The van der Waals surface area contributed by atoms with E-state index in [1.54, 1.807) is 11.0 Å². The van der Waals surface area contributed by atoms with Gasteiger partial charge in [0.15, 0.2) is 0 Å². The minimum atomic E-state index is -1.36. The Kier molecular flexibility index (Phi) is 5.62. The number of hydrogen-bond acceptors (Lipinski definition) is 4. The number of carbonyl (C=O) groups is 3. The van der Waals surface area contributed by atoms with Gasteiger partial charge in [-0.1, -0.05) is 42.5 Å². The molecular formula is C24H26FN3O3. The smallest absolute Gasteiger partial charge is 0.240 e. The lowest BCUT2D eigenvalue weighted by atomic mass is 9.75. The Morgan fingerprint density at radius 2 is 1.81 bits per heavy atom. The van der Waals surface area contributed by atoms with Crippen molar-refractivity contribution in [1.82, 2.24) is 14.7 Å². The van der Waals surface area contributed by atoms with E-state index in [-0.39, 0.29) is 30.7 Å². The Labute approximate surface area is 181 Å².